The molecule has 0 aromatic rings. The van der Waals surface area contributed by atoms with Crippen LogP contribution in [-0.2, 0) is 9.53 Å². The van der Waals surface area contributed by atoms with Crippen molar-refractivity contribution < 1.29 is 9.53 Å². The fourth-order valence-electron chi connectivity index (χ4n) is 1.16. The van der Waals surface area contributed by atoms with Gasteiger partial charge in [0.25, 0.3) is 0 Å². The summed E-state index contributed by atoms with van der Waals surface area (Å²) in [5.74, 6) is 0.0273. The topological polar surface area (TPSA) is 38.3 Å². The molecule has 2 atom stereocenters. The number of ether oxygens (including phenoxy) is 1. The molecule has 0 saturated carbocycles. The van der Waals surface area contributed by atoms with Gasteiger partial charge < -0.3 is 10.1 Å². The molecule has 4 heteroatoms. The van der Waals surface area contributed by atoms with E-state index in [1.54, 1.807) is 0 Å². The van der Waals surface area contributed by atoms with Crippen molar-refractivity contribution >= 4 is 21.8 Å². The molecule has 0 bridgehead atoms. The number of alkyl halides is 1. The third-order valence-corrected chi connectivity index (χ3v) is 2.81. The molecule has 1 fully saturated rings. The van der Waals surface area contributed by atoms with Crippen LogP contribution in [0, 0.1) is 0 Å². The Balaban J connectivity index is 2.27. The first kappa shape index (κ1) is 9.99. The maximum Gasteiger partial charge on any atom is 0.249 e. The molecule has 70 valence electrons. The van der Waals surface area contributed by atoms with E-state index >= 15 is 0 Å². The predicted molar refractivity (Wildman–Crippen MR) is 50.4 cm³/mol. The van der Waals surface area contributed by atoms with Gasteiger partial charge in [0.15, 0.2) is 0 Å². The van der Waals surface area contributed by atoms with Gasteiger partial charge in [-0.15, -0.1) is 0 Å². The molecule has 0 aromatic carbocycles. The molecule has 3 nitrogen and oxygen atoms in total. The second-order valence-electron chi connectivity index (χ2n) is 3.07. The van der Waals surface area contributed by atoms with E-state index in [2.05, 4.69) is 21.2 Å². The fraction of sp³-hybridized carbons (Fsp3) is 0.875. The summed E-state index contributed by atoms with van der Waals surface area (Å²) in [5, 5.41) is 3.64. The van der Waals surface area contributed by atoms with E-state index in [0.29, 0.717) is 0 Å². The first-order valence-electron chi connectivity index (χ1n) is 4.22. The van der Waals surface area contributed by atoms with Crippen molar-refractivity contribution in [3.8, 4) is 0 Å². The Morgan fingerprint density at radius 1 is 1.83 bits per heavy atom. The van der Waals surface area contributed by atoms with Crippen LogP contribution in [-0.4, -0.2) is 30.0 Å². The van der Waals surface area contributed by atoms with Crippen LogP contribution in [0.2, 0.25) is 0 Å². The first-order chi connectivity index (χ1) is 5.74. The number of halogens is 1. The van der Waals surface area contributed by atoms with E-state index in [1.165, 1.54) is 0 Å². The number of carbonyl (C=O) groups is 1. The van der Waals surface area contributed by atoms with Crippen LogP contribution in [0.1, 0.15) is 19.8 Å². The summed E-state index contributed by atoms with van der Waals surface area (Å²) in [5.41, 5.74) is 0. The summed E-state index contributed by atoms with van der Waals surface area (Å²) < 4.78 is 5.23. The summed E-state index contributed by atoms with van der Waals surface area (Å²) in [6, 6.07) is 0.182. The lowest BCUT2D eigenvalue weighted by atomic mass is 10.2. The number of carbonyl (C=O) groups excluding carboxylic acids is 1. The standard InChI is InChI=1S/C8H14BrNO2/c1-6(5-9)10-8(11)7-3-2-4-12-7/h6-7H,2-5H2,1H3,(H,10,11). The van der Waals surface area contributed by atoms with Crippen molar-refractivity contribution in [3.05, 3.63) is 0 Å². The van der Waals surface area contributed by atoms with Gasteiger partial charge in [-0.1, -0.05) is 15.9 Å². The largest absolute Gasteiger partial charge is 0.368 e. The van der Waals surface area contributed by atoms with Crippen LogP contribution in [0.15, 0.2) is 0 Å². The lowest BCUT2D eigenvalue weighted by Gasteiger charge is -2.14. The number of rotatable bonds is 3. The van der Waals surface area contributed by atoms with Crippen molar-refractivity contribution in [3.63, 3.8) is 0 Å². The minimum atomic E-state index is -0.202. The smallest absolute Gasteiger partial charge is 0.249 e. The van der Waals surface area contributed by atoms with Crippen LogP contribution in [0.25, 0.3) is 0 Å². The zero-order valence-corrected chi connectivity index (χ0v) is 8.76. The molecule has 1 saturated heterocycles. The minimum Gasteiger partial charge on any atom is -0.368 e. The summed E-state index contributed by atoms with van der Waals surface area (Å²) in [4.78, 5) is 11.4. The molecule has 0 aliphatic carbocycles. The molecule has 1 aliphatic heterocycles. The van der Waals surface area contributed by atoms with Crippen molar-refractivity contribution in [2.24, 2.45) is 0 Å². The summed E-state index contributed by atoms with van der Waals surface area (Å²) in [6.45, 7) is 2.68. The van der Waals surface area contributed by atoms with E-state index < -0.39 is 0 Å². The van der Waals surface area contributed by atoms with Crippen LogP contribution < -0.4 is 5.32 Å². The molecule has 0 aromatic heterocycles. The van der Waals surface area contributed by atoms with Crippen molar-refractivity contribution in [2.45, 2.75) is 31.9 Å². The highest BCUT2D eigenvalue weighted by Crippen LogP contribution is 2.11. The average molecular weight is 236 g/mol. The van der Waals surface area contributed by atoms with Gasteiger partial charge in [0.05, 0.1) is 0 Å². The maximum absolute atomic E-state index is 11.4. The highest BCUT2D eigenvalue weighted by atomic mass is 79.9. The van der Waals surface area contributed by atoms with Gasteiger partial charge in [-0.25, -0.2) is 0 Å². The number of nitrogens with one attached hydrogen (secondary N) is 1. The third kappa shape index (κ3) is 2.75. The molecule has 12 heavy (non-hydrogen) atoms. The second kappa shape index (κ2) is 4.82. The Morgan fingerprint density at radius 3 is 3.08 bits per heavy atom. The van der Waals surface area contributed by atoms with Crippen LogP contribution in [0.4, 0.5) is 0 Å². The number of amides is 1. The quantitative estimate of drug-likeness (QED) is 0.744. The second-order valence-corrected chi connectivity index (χ2v) is 3.71. The summed E-state index contributed by atoms with van der Waals surface area (Å²) in [6.07, 6.45) is 1.66. The van der Waals surface area contributed by atoms with Gasteiger partial charge in [0, 0.05) is 18.0 Å². The third-order valence-electron chi connectivity index (χ3n) is 1.84. The van der Waals surface area contributed by atoms with E-state index in [9.17, 15) is 4.79 Å². The van der Waals surface area contributed by atoms with E-state index in [-0.39, 0.29) is 18.1 Å². The normalized spacial score (nSPS) is 25.3. The molecule has 1 heterocycles. The SMILES string of the molecule is CC(CBr)NC(=O)C1CCCO1. The van der Waals surface area contributed by atoms with Crippen molar-refractivity contribution in [1.29, 1.82) is 0 Å². The molecule has 0 spiro atoms. The Morgan fingerprint density at radius 2 is 2.58 bits per heavy atom. The van der Waals surface area contributed by atoms with E-state index in [4.69, 9.17) is 4.74 Å². The van der Waals surface area contributed by atoms with Crippen LogP contribution in [0.3, 0.4) is 0 Å². The lowest BCUT2D eigenvalue weighted by molar-refractivity contribution is -0.130. The van der Waals surface area contributed by atoms with Crippen molar-refractivity contribution in [2.75, 3.05) is 11.9 Å². The zero-order chi connectivity index (χ0) is 8.97. The summed E-state index contributed by atoms with van der Waals surface area (Å²) in [7, 11) is 0. The van der Waals surface area contributed by atoms with Crippen LogP contribution >= 0.6 is 15.9 Å². The van der Waals surface area contributed by atoms with Gasteiger partial charge in [-0.05, 0) is 19.8 Å². The van der Waals surface area contributed by atoms with Gasteiger partial charge in [0.1, 0.15) is 6.10 Å². The first-order valence-corrected chi connectivity index (χ1v) is 5.34. The molecule has 1 amide bonds. The molecule has 0 radical (unpaired) electrons. The Bertz CT molecular complexity index is 157. The molecule has 1 N–H and O–H groups in total. The maximum atomic E-state index is 11.4. The van der Waals surface area contributed by atoms with Gasteiger partial charge in [-0.3, -0.25) is 4.79 Å². The Labute approximate surface area is 81.0 Å². The van der Waals surface area contributed by atoms with Gasteiger partial charge in [0.2, 0.25) is 5.91 Å². The van der Waals surface area contributed by atoms with Crippen molar-refractivity contribution in [1.82, 2.24) is 5.32 Å². The molecule has 1 rings (SSSR count). The minimum absolute atomic E-state index is 0.0273. The van der Waals surface area contributed by atoms with E-state index in [1.807, 2.05) is 6.92 Å². The molecular weight excluding hydrogens is 222 g/mol. The van der Waals surface area contributed by atoms with Gasteiger partial charge >= 0.3 is 0 Å². The molecule has 1 aliphatic rings. The predicted octanol–water partition coefficient (Wildman–Crippen LogP) is 1.06. The number of hydrogen-bond donors (Lipinski definition) is 1. The highest BCUT2D eigenvalue weighted by Gasteiger charge is 2.23. The zero-order valence-electron chi connectivity index (χ0n) is 7.18. The number of hydrogen-bond acceptors (Lipinski definition) is 2. The highest BCUT2D eigenvalue weighted by molar-refractivity contribution is 9.09. The Kier molecular flexibility index (Phi) is 4.01. The molecular formula is C8H14BrNO2. The van der Waals surface area contributed by atoms with E-state index in [0.717, 1.165) is 24.8 Å². The Hall–Kier alpha value is -0.0900. The lowest BCUT2D eigenvalue weighted by Crippen LogP contribution is -2.40. The fourth-order valence-corrected chi connectivity index (χ4v) is 1.32. The average Bonchev–Trinajstić information content (AvgIpc) is 2.56. The summed E-state index contributed by atoms with van der Waals surface area (Å²) >= 11 is 3.30. The van der Waals surface area contributed by atoms with Gasteiger partial charge in [-0.2, -0.15) is 0 Å². The molecule has 2 unspecified atom stereocenters. The van der Waals surface area contributed by atoms with Crippen LogP contribution in [0.5, 0.6) is 0 Å². The monoisotopic (exact) mass is 235 g/mol.